The van der Waals surface area contributed by atoms with Gasteiger partial charge in [0.25, 0.3) is 5.91 Å². The van der Waals surface area contributed by atoms with Crippen LogP contribution in [-0.4, -0.2) is 34.8 Å². The molecule has 0 saturated heterocycles. The number of aromatic nitrogens is 1. The number of carbonyl (C=O) groups excluding carboxylic acids is 3. The van der Waals surface area contributed by atoms with E-state index in [9.17, 15) is 14.4 Å². The lowest BCUT2D eigenvalue weighted by Crippen LogP contribution is -2.48. The third-order valence-corrected chi connectivity index (χ3v) is 7.04. The van der Waals surface area contributed by atoms with Crippen LogP contribution in [0.5, 0.6) is 0 Å². The molecule has 10 nitrogen and oxygen atoms in total. The fourth-order valence-corrected chi connectivity index (χ4v) is 4.83. The smallest absolute Gasteiger partial charge is 0.408 e. The van der Waals surface area contributed by atoms with E-state index in [-0.39, 0.29) is 31.4 Å². The summed E-state index contributed by atoms with van der Waals surface area (Å²) in [6.07, 6.45) is 5.28. The minimum atomic E-state index is -0.880. The summed E-state index contributed by atoms with van der Waals surface area (Å²) in [5.41, 5.74) is 11.9. The molecule has 10 heteroatoms. The minimum Gasteiger partial charge on any atom is -0.445 e. The molecular weight excluding hydrogens is 568 g/mol. The number of amidine groups is 1. The van der Waals surface area contributed by atoms with Gasteiger partial charge in [-0.1, -0.05) is 78.4 Å². The second kappa shape index (κ2) is 14.6. The van der Waals surface area contributed by atoms with Crippen molar-refractivity contribution in [2.75, 3.05) is 5.32 Å². The van der Waals surface area contributed by atoms with Gasteiger partial charge in [-0.2, -0.15) is 0 Å². The highest BCUT2D eigenvalue weighted by atomic mass is 16.5. The van der Waals surface area contributed by atoms with Crippen molar-refractivity contribution in [2.24, 2.45) is 10.7 Å². The Morgan fingerprint density at radius 1 is 0.911 bits per heavy atom. The first-order valence-corrected chi connectivity index (χ1v) is 14.5. The van der Waals surface area contributed by atoms with E-state index in [1.165, 1.54) is 6.20 Å². The molecule has 2 heterocycles. The van der Waals surface area contributed by atoms with Crippen LogP contribution < -0.4 is 21.7 Å². The van der Waals surface area contributed by atoms with Gasteiger partial charge < -0.3 is 26.4 Å². The highest BCUT2D eigenvalue weighted by molar-refractivity contribution is 6.05. The normalized spacial score (nSPS) is 12.8. The molecule has 0 bridgehead atoms. The summed E-state index contributed by atoms with van der Waals surface area (Å²) in [5.74, 6) is -0.232. The predicted octanol–water partition coefficient (Wildman–Crippen LogP) is 5.28. The Hall–Kier alpha value is -5.77. The van der Waals surface area contributed by atoms with Gasteiger partial charge in [0, 0.05) is 36.7 Å². The molecule has 0 aliphatic carbocycles. The Labute approximate surface area is 261 Å². The Kier molecular flexibility index (Phi) is 9.96. The SMILES string of the molecule is CC1=Cc2ccc(C(=O)Nc3cncc(CNC(=O)[C@H](Cc4ccccc4)NC(=O)OCc4ccccc4)c3)cc2N=C(N)C1. The molecule has 4 aromatic rings. The number of anilines is 1. The number of carbonyl (C=O) groups is 3. The first-order chi connectivity index (χ1) is 21.8. The van der Waals surface area contributed by atoms with Crippen molar-refractivity contribution in [1.82, 2.24) is 15.6 Å². The average molecular weight is 603 g/mol. The number of fused-ring (bicyclic) bond motifs is 1. The average Bonchev–Trinajstić information content (AvgIpc) is 3.19. The van der Waals surface area contributed by atoms with E-state index in [0.717, 1.165) is 22.3 Å². The lowest BCUT2D eigenvalue weighted by atomic mass is 10.1. The summed E-state index contributed by atoms with van der Waals surface area (Å²) in [5, 5.41) is 8.41. The number of aliphatic imine (C=N–C) groups is 1. The molecule has 0 unspecified atom stereocenters. The monoisotopic (exact) mass is 602 g/mol. The summed E-state index contributed by atoms with van der Waals surface area (Å²) in [6.45, 7) is 2.20. The van der Waals surface area contributed by atoms with E-state index in [1.807, 2.05) is 79.7 Å². The fourth-order valence-electron chi connectivity index (χ4n) is 4.83. The highest BCUT2D eigenvalue weighted by Gasteiger charge is 2.22. The van der Waals surface area contributed by atoms with Gasteiger partial charge in [0.2, 0.25) is 5.91 Å². The zero-order chi connectivity index (χ0) is 31.6. The molecule has 0 spiro atoms. The van der Waals surface area contributed by atoms with E-state index in [0.29, 0.717) is 34.8 Å². The molecule has 1 aliphatic heterocycles. The fraction of sp³-hybridized carbons (Fsp3) is 0.171. The van der Waals surface area contributed by atoms with Gasteiger partial charge in [-0.3, -0.25) is 14.6 Å². The second-order valence-electron chi connectivity index (χ2n) is 10.7. The lowest BCUT2D eigenvalue weighted by molar-refractivity contribution is -0.123. The molecular formula is C35H34N6O4. The Morgan fingerprint density at radius 2 is 1.64 bits per heavy atom. The number of hydrogen-bond acceptors (Lipinski definition) is 7. The van der Waals surface area contributed by atoms with Crippen LogP contribution in [0.3, 0.4) is 0 Å². The quantitative estimate of drug-likeness (QED) is 0.194. The number of hydrogen-bond donors (Lipinski definition) is 4. The number of amides is 3. The van der Waals surface area contributed by atoms with E-state index < -0.39 is 12.1 Å². The number of ether oxygens (including phenoxy) is 1. The van der Waals surface area contributed by atoms with E-state index in [4.69, 9.17) is 10.5 Å². The number of rotatable bonds is 10. The molecule has 3 aromatic carbocycles. The summed E-state index contributed by atoms with van der Waals surface area (Å²) >= 11 is 0. The van der Waals surface area contributed by atoms with E-state index in [2.05, 4.69) is 25.9 Å². The van der Waals surface area contributed by atoms with Gasteiger partial charge in [0.1, 0.15) is 18.5 Å². The topological polar surface area (TPSA) is 148 Å². The van der Waals surface area contributed by atoms with Gasteiger partial charge in [-0.25, -0.2) is 9.79 Å². The third-order valence-electron chi connectivity index (χ3n) is 7.04. The molecule has 1 aliphatic rings. The largest absolute Gasteiger partial charge is 0.445 e. The van der Waals surface area contributed by atoms with Crippen LogP contribution in [0.4, 0.5) is 16.2 Å². The predicted molar refractivity (Wildman–Crippen MR) is 174 cm³/mol. The molecule has 5 N–H and O–H groups in total. The summed E-state index contributed by atoms with van der Waals surface area (Å²) in [7, 11) is 0. The third kappa shape index (κ3) is 8.87. The Morgan fingerprint density at radius 3 is 2.40 bits per heavy atom. The molecule has 45 heavy (non-hydrogen) atoms. The van der Waals surface area contributed by atoms with Gasteiger partial charge in [0.05, 0.1) is 17.6 Å². The number of alkyl carbamates (subject to hydrolysis) is 1. The zero-order valence-electron chi connectivity index (χ0n) is 24.8. The molecule has 1 aromatic heterocycles. The van der Waals surface area contributed by atoms with Crippen molar-refractivity contribution in [3.8, 4) is 0 Å². The van der Waals surface area contributed by atoms with E-state index in [1.54, 1.807) is 24.4 Å². The summed E-state index contributed by atoms with van der Waals surface area (Å²) < 4.78 is 5.35. The number of nitrogens with two attached hydrogens (primary N) is 1. The second-order valence-corrected chi connectivity index (χ2v) is 10.7. The molecule has 5 rings (SSSR count). The van der Waals surface area contributed by atoms with Crippen molar-refractivity contribution in [1.29, 1.82) is 0 Å². The maximum absolute atomic E-state index is 13.3. The molecule has 0 radical (unpaired) electrons. The lowest BCUT2D eigenvalue weighted by Gasteiger charge is -2.19. The van der Waals surface area contributed by atoms with Gasteiger partial charge in [-0.15, -0.1) is 0 Å². The van der Waals surface area contributed by atoms with Crippen molar-refractivity contribution < 1.29 is 19.1 Å². The molecule has 228 valence electrons. The first-order valence-electron chi connectivity index (χ1n) is 14.5. The maximum Gasteiger partial charge on any atom is 0.408 e. The van der Waals surface area contributed by atoms with Crippen LogP contribution in [0.15, 0.2) is 108 Å². The number of nitrogens with zero attached hydrogens (tertiary/aromatic N) is 2. The summed E-state index contributed by atoms with van der Waals surface area (Å²) in [4.78, 5) is 47.6. The number of benzene rings is 3. The summed E-state index contributed by atoms with van der Waals surface area (Å²) in [6, 6.07) is 24.8. The van der Waals surface area contributed by atoms with Gasteiger partial charge in [-0.05, 0) is 41.8 Å². The van der Waals surface area contributed by atoms with Crippen LogP contribution in [0.2, 0.25) is 0 Å². The Balaban J connectivity index is 1.21. The maximum atomic E-state index is 13.3. The minimum absolute atomic E-state index is 0.0833. The van der Waals surface area contributed by atoms with Crippen LogP contribution in [0, 0.1) is 0 Å². The molecule has 0 fully saturated rings. The van der Waals surface area contributed by atoms with Crippen molar-refractivity contribution >= 4 is 41.2 Å². The first kappa shape index (κ1) is 30.7. The standard InChI is InChI=1S/C35H34N6O4/c1-23-14-27-12-13-28(18-30(27)40-32(36)15-23)33(42)39-29-16-26(19-37-21-29)20-38-34(43)31(17-24-8-4-2-5-9-24)41-35(44)45-22-25-10-6-3-7-11-25/h2-14,16,18-19,21,31H,15,17,20,22H2,1H3,(H2,36,40)(H,38,43)(H,39,42)(H,41,44)/t31-/m0/s1. The van der Waals surface area contributed by atoms with Crippen molar-refractivity contribution in [3.63, 3.8) is 0 Å². The van der Waals surface area contributed by atoms with Crippen molar-refractivity contribution in [3.05, 3.63) is 131 Å². The van der Waals surface area contributed by atoms with Gasteiger partial charge in [0.15, 0.2) is 0 Å². The molecule has 1 atom stereocenters. The van der Waals surface area contributed by atoms with Crippen LogP contribution in [0.1, 0.15) is 46.0 Å². The highest BCUT2D eigenvalue weighted by Crippen LogP contribution is 2.27. The molecule has 0 saturated carbocycles. The van der Waals surface area contributed by atoms with Crippen LogP contribution >= 0.6 is 0 Å². The van der Waals surface area contributed by atoms with Crippen LogP contribution in [0.25, 0.3) is 6.08 Å². The van der Waals surface area contributed by atoms with Crippen molar-refractivity contribution in [2.45, 2.75) is 39.0 Å². The molecule has 3 amide bonds. The Bertz CT molecular complexity index is 1740. The number of nitrogens with one attached hydrogen (secondary N) is 3. The van der Waals surface area contributed by atoms with E-state index >= 15 is 0 Å². The zero-order valence-corrected chi connectivity index (χ0v) is 24.8. The van der Waals surface area contributed by atoms with Gasteiger partial charge >= 0.3 is 6.09 Å². The number of pyridine rings is 1. The van der Waals surface area contributed by atoms with Crippen LogP contribution in [-0.2, 0) is 29.1 Å².